The van der Waals surface area contributed by atoms with Crippen molar-refractivity contribution in [2.45, 2.75) is 33.7 Å². The van der Waals surface area contributed by atoms with Crippen LogP contribution in [-0.4, -0.2) is 6.54 Å². The number of aryl methyl sites for hydroxylation is 2. The highest BCUT2D eigenvalue weighted by Gasteiger charge is 2.39. The van der Waals surface area contributed by atoms with E-state index in [0.29, 0.717) is 11.5 Å². The van der Waals surface area contributed by atoms with Gasteiger partial charge in [0.1, 0.15) is 0 Å². The molecule has 1 heterocycles. The van der Waals surface area contributed by atoms with Crippen molar-refractivity contribution in [3.63, 3.8) is 0 Å². The Bertz CT molecular complexity index is 352. The Morgan fingerprint density at radius 2 is 2.00 bits per heavy atom. The zero-order valence-corrected chi connectivity index (χ0v) is 9.52. The van der Waals surface area contributed by atoms with Crippen LogP contribution < -0.4 is 5.32 Å². The summed E-state index contributed by atoms with van der Waals surface area (Å²) in [6, 6.07) is 7.29. The topological polar surface area (TPSA) is 12.0 Å². The summed E-state index contributed by atoms with van der Waals surface area (Å²) in [6.07, 6.45) is 0. The minimum Gasteiger partial charge on any atom is -0.309 e. The number of rotatable bonds is 1. The Hall–Kier alpha value is -0.820. The summed E-state index contributed by atoms with van der Waals surface area (Å²) in [7, 11) is 0. The van der Waals surface area contributed by atoms with Gasteiger partial charge in [0.15, 0.2) is 0 Å². The second kappa shape index (κ2) is 3.09. The molecule has 0 saturated carbocycles. The zero-order valence-electron chi connectivity index (χ0n) is 9.52. The fourth-order valence-corrected chi connectivity index (χ4v) is 2.29. The van der Waals surface area contributed by atoms with Gasteiger partial charge in [-0.25, -0.2) is 0 Å². The van der Waals surface area contributed by atoms with E-state index in [2.05, 4.69) is 51.2 Å². The molecule has 1 aliphatic heterocycles. The van der Waals surface area contributed by atoms with Crippen LogP contribution in [0.4, 0.5) is 0 Å². The van der Waals surface area contributed by atoms with E-state index >= 15 is 0 Å². The van der Waals surface area contributed by atoms with Crippen LogP contribution in [0.15, 0.2) is 18.2 Å². The molecule has 0 amide bonds. The van der Waals surface area contributed by atoms with Crippen molar-refractivity contribution in [2.24, 2.45) is 5.41 Å². The van der Waals surface area contributed by atoms with Gasteiger partial charge in [0.25, 0.3) is 0 Å². The third-order valence-electron chi connectivity index (χ3n) is 3.28. The molecule has 0 aliphatic carbocycles. The number of hydrogen-bond donors (Lipinski definition) is 1. The maximum Gasteiger partial charge on any atom is 0.0386 e. The van der Waals surface area contributed by atoms with E-state index in [9.17, 15) is 0 Å². The van der Waals surface area contributed by atoms with Crippen molar-refractivity contribution < 1.29 is 0 Å². The minimum atomic E-state index is 0.417. The van der Waals surface area contributed by atoms with Crippen LogP contribution in [-0.2, 0) is 0 Å². The van der Waals surface area contributed by atoms with Crippen LogP contribution in [0.2, 0.25) is 0 Å². The van der Waals surface area contributed by atoms with Crippen molar-refractivity contribution in [1.82, 2.24) is 5.32 Å². The van der Waals surface area contributed by atoms with Gasteiger partial charge in [0, 0.05) is 12.6 Å². The Morgan fingerprint density at radius 1 is 1.29 bits per heavy atom. The third-order valence-corrected chi connectivity index (χ3v) is 3.28. The van der Waals surface area contributed by atoms with Crippen LogP contribution in [0.3, 0.4) is 0 Å². The normalized spacial score (nSPS) is 24.4. The van der Waals surface area contributed by atoms with Crippen molar-refractivity contribution in [2.75, 3.05) is 6.54 Å². The first-order valence-electron chi connectivity index (χ1n) is 5.31. The molecule has 76 valence electrons. The molecule has 1 N–H and O–H groups in total. The molecular weight excluding hydrogens is 170 g/mol. The molecule has 1 saturated heterocycles. The SMILES string of the molecule is Cc1ccc(C2NCC2(C)C)c(C)c1. The lowest BCUT2D eigenvalue weighted by molar-refractivity contribution is 0.128. The second-order valence-corrected chi connectivity index (χ2v) is 5.16. The van der Waals surface area contributed by atoms with E-state index < -0.39 is 0 Å². The van der Waals surface area contributed by atoms with Gasteiger partial charge >= 0.3 is 0 Å². The van der Waals surface area contributed by atoms with Gasteiger partial charge in [-0.1, -0.05) is 37.6 Å². The molecule has 1 unspecified atom stereocenters. The molecule has 2 rings (SSSR count). The largest absolute Gasteiger partial charge is 0.309 e. The highest BCUT2D eigenvalue weighted by atomic mass is 15.0. The Kier molecular flexibility index (Phi) is 2.15. The molecule has 0 spiro atoms. The lowest BCUT2D eigenvalue weighted by Crippen LogP contribution is -2.52. The fraction of sp³-hybridized carbons (Fsp3) is 0.538. The molecule has 0 bridgehead atoms. The predicted molar refractivity (Wildman–Crippen MR) is 60.4 cm³/mol. The monoisotopic (exact) mass is 189 g/mol. The van der Waals surface area contributed by atoms with Crippen LogP contribution in [0.5, 0.6) is 0 Å². The van der Waals surface area contributed by atoms with E-state index in [1.807, 2.05) is 0 Å². The summed E-state index contributed by atoms with van der Waals surface area (Å²) in [5.74, 6) is 0. The highest BCUT2D eigenvalue weighted by molar-refractivity contribution is 5.35. The van der Waals surface area contributed by atoms with E-state index in [4.69, 9.17) is 0 Å². The van der Waals surface area contributed by atoms with Gasteiger partial charge < -0.3 is 5.32 Å². The molecule has 1 heteroatoms. The predicted octanol–water partition coefficient (Wildman–Crippen LogP) is 2.97. The van der Waals surface area contributed by atoms with Crippen molar-refractivity contribution in [3.8, 4) is 0 Å². The molecule has 0 aromatic heterocycles. The molecule has 1 nitrogen and oxygen atoms in total. The summed E-state index contributed by atoms with van der Waals surface area (Å²) >= 11 is 0. The molecule has 1 fully saturated rings. The first-order valence-corrected chi connectivity index (χ1v) is 5.31. The van der Waals surface area contributed by atoms with E-state index in [1.165, 1.54) is 16.7 Å². The second-order valence-electron chi connectivity index (χ2n) is 5.16. The number of hydrogen-bond acceptors (Lipinski definition) is 1. The van der Waals surface area contributed by atoms with Crippen molar-refractivity contribution >= 4 is 0 Å². The van der Waals surface area contributed by atoms with E-state index in [1.54, 1.807) is 0 Å². The average molecular weight is 189 g/mol. The van der Waals surface area contributed by atoms with Crippen LogP contribution in [0.25, 0.3) is 0 Å². The first-order chi connectivity index (χ1) is 6.50. The molecule has 1 aromatic rings. The smallest absolute Gasteiger partial charge is 0.0386 e. The van der Waals surface area contributed by atoms with E-state index in [-0.39, 0.29) is 0 Å². The number of benzene rings is 1. The summed E-state index contributed by atoms with van der Waals surface area (Å²) in [5, 5.41) is 3.51. The van der Waals surface area contributed by atoms with Crippen LogP contribution in [0, 0.1) is 19.3 Å². The molecule has 0 radical (unpaired) electrons. The third kappa shape index (κ3) is 1.46. The van der Waals surface area contributed by atoms with Crippen molar-refractivity contribution in [1.29, 1.82) is 0 Å². The fourth-order valence-electron chi connectivity index (χ4n) is 2.29. The standard InChI is InChI=1S/C13H19N/c1-9-5-6-11(10(2)7-9)12-13(3,4)8-14-12/h5-7,12,14H,8H2,1-4H3. The highest BCUT2D eigenvalue weighted by Crippen LogP contribution is 2.41. The van der Waals surface area contributed by atoms with Gasteiger partial charge in [-0.15, -0.1) is 0 Å². The molecule has 1 aliphatic rings. The molecule has 1 atom stereocenters. The Balaban J connectivity index is 2.33. The Morgan fingerprint density at radius 3 is 2.43 bits per heavy atom. The van der Waals surface area contributed by atoms with Crippen molar-refractivity contribution in [3.05, 3.63) is 34.9 Å². The molecule has 14 heavy (non-hydrogen) atoms. The maximum absolute atomic E-state index is 3.51. The lowest BCUT2D eigenvalue weighted by Gasteiger charge is -2.46. The minimum absolute atomic E-state index is 0.417. The van der Waals surface area contributed by atoms with Gasteiger partial charge in [0.2, 0.25) is 0 Å². The van der Waals surface area contributed by atoms with Crippen LogP contribution in [0.1, 0.15) is 36.6 Å². The van der Waals surface area contributed by atoms with Gasteiger partial charge in [0.05, 0.1) is 0 Å². The van der Waals surface area contributed by atoms with Gasteiger partial charge in [-0.3, -0.25) is 0 Å². The lowest BCUT2D eigenvalue weighted by atomic mass is 9.73. The maximum atomic E-state index is 3.51. The molecular formula is C13H19N. The summed E-state index contributed by atoms with van der Waals surface area (Å²) in [5.41, 5.74) is 4.64. The first kappa shape index (κ1) is 9.72. The zero-order chi connectivity index (χ0) is 10.3. The summed E-state index contributed by atoms with van der Waals surface area (Å²) in [6.45, 7) is 10.1. The summed E-state index contributed by atoms with van der Waals surface area (Å²) < 4.78 is 0. The Labute approximate surface area is 86.5 Å². The molecule has 1 aromatic carbocycles. The van der Waals surface area contributed by atoms with E-state index in [0.717, 1.165) is 6.54 Å². The van der Waals surface area contributed by atoms with Crippen LogP contribution >= 0.6 is 0 Å². The quantitative estimate of drug-likeness (QED) is 0.716. The summed E-state index contributed by atoms with van der Waals surface area (Å²) in [4.78, 5) is 0. The van der Waals surface area contributed by atoms with Gasteiger partial charge in [-0.05, 0) is 30.4 Å². The van der Waals surface area contributed by atoms with Gasteiger partial charge in [-0.2, -0.15) is 0 Å². The number of nitrogens with one attached hydrogen (secondary N) is 1. The average Bonchev–Trinajstić information content (AvgIpc) is 2.08.